The average Bonchev–Trinajstić information content (AvgIpc) is 2.80. The van der Waals surface area contributed by atoms with Gasteiger partial charge in [-0.1, -0.05) is 0 Å². The summed E-state index contributed by atoms with van der Waals surface area (Å²) in [4.78, 5) is 10.3. The topological polar surface area (TPSA) is 46.3 Å². The minimum absolute atomic E-state index is 0.948. The van der Waals surface area contributed by atoms with Crippen molar-refractivity contribution in [2.24, 2.45) is 4.99 Å². The van der Waals surface area contributed by atoms with E-state index in [2.05, 4.69) is 15.1 Å². The normalized spacial score (nSPS) is 11.7. The van der Waals surface area contributed by atoms with E-state index in [4.69, 9.17) is 0 Å². The molecule has 2 aromatic rings. The molecule has 2 aromatic heterocycles. The number of aryl methyl sites for hydroxylation is 1. The number of rotatable bonds is 2. The summed E-state index contributed by atoms with van der Waals surface area (Å²) in [5.41, 5.74) is 2.96. The van der Waals surface area contributed by atoms with Crippen molar-refractivity contribution in [2.75, 3.05) is 19.0 Å². The van der Waals surface area contributed by atoms with Crippen LogP contribution in [0.25, 0.3) is 5.69 Å². The Morgan fingerprint density at radius 1 is 1.44 bits per heavy atom. The van der Waals surface area contributed by atoms with E-state index >= 15 is 0 Å². The molecule has 0 amide bonds. The first kappa shape index (κ1) is 12.3. The molecule has 0 atom stereocenters. The Morgan fingerprint density at radius 2 is 2.22 bits per heavy atom. The molecule has 0 fully saturated rings. The van der Waals surface area contributed by atoms with Crippen molar-refractivity contribution in [3.8, 4) is 5.69 Å². The Bertz CT molecular complexity index is 556. The van der Waals surface area contributed by atoms with Gasteiger partial charge in [-0.25, -0.2) is 4.68 Å². The van der Waals surface area contributed by atoms with Gasteiger partial charge in [0.2, 0.25) is 0 Å². The van der Waals surface area contributed by atoms with Crippen LogP contribution in [0.5, 0.6) is 0 Å². The summed E-state index contributed by atoms with van der Waals surface area (Å²) < 4.78 is 1.83. The largest absolute Gasteiger partial charge is 0.331 e. The molecule has 0 saturated carbocycles. The monoisotopic (exact) mass is 243 g/mol. The minimum atomic E-state index is 0.948. The second kappa shape index (κ2) is 5.00. The van der Waals surface area contributed by atoms with Crippen molar-refractivity contribution in [3.05, 3.63) is 36.4 Å². The van der Waals surface area contributed by atoms with Crippen LogP contribution in [0.2, 0.25) is 0 Å². The molecule has 5 nitrogen and oxygen atoms in total. The van der Waals surface area contributed by atoms with E-state index in [1.54, 1.807) is 19.4 Å². The molecule has 0 saturated heterocycles. The van der Waals surface area contributed by atoms with E-state index < -0.39 is 0 Å². The van der Waals surface area contributed by atoms with Gasteiger partial charge in [0.25, 0.3) is 0 Å². The first-order valence-corrected chi connectivity index (χ1v) is 5.77. The van der Waals surface area contributed by atoms with Crippen LogP contribution in [0.1, 0.15) is 12.6 Å². The summed E-state index contributed by atoms with van der Waals surface area (Å²) in [5.74, 6) is 0.948. The highest BCUT2D eigenvalue weighted by Gasteiger charge is 2.12. The van der Waals surface area contributed by atoms with Crippen LogP contribution < -0.4 is 4.90 Å². The summed E-state index contributed by atoms with van der Waals surface area (Å²) in [6.07, 6.45) is 5.53. The van der Waals surface area contributed by atoms with Crippen molar-refractivity contribution in [2.45, 2.75) is 13.8 Å². The molecule has 0 aliphatic heterocycles. The van der Waals surface area contributed by atoms with Gasteiger partial charge in [-0.05, 0) is 26.0 Å². The van der Waals surface area contributed by atoms with Crippen molar-refractivity contribution >= 4 is 11.5 Å². The van der Waals surface area contributed by atoms with E-state index in [1.807, 2.05) is 48.8 Å². The third-order valence-electron chi connectivity index (χ3n) is 2.95. The molecule has 0 unspecified atom stereocenters. The van der Waals surface area contributed by atoms with Crippen LogP contribution in [0, 0.1) is 6.92 Å². The van der Waals surface area contributed by atoms with Gasteiger partial charge in [-0.3, -0.25) is 9.98 Å². The smallest absolute Gasteiger partial charge is 0.0996 e. The second-order valence-corrected chi connectivity index (χ2v) is 4.09. The fraction of sp³-hybridized carbons (Fsp3) is 0.308. The third-order valence-corrected chi connectivity index (χ3v) is 2.95. The van der Waals surface area contributed by atoms with Crippen molar-refractivity contribution in [1.82, 2.24) is 14.8 Å². The Hall–Kier alpha value is -2.17. The number of pyridine rings is 1. The van der Waals surface area contributed by atoms with Gasteiger partial charge in [0.1, 0.15) is 0 Å². The van der Waals surface area contributed by atoms with Crippen molar-refractivity contribution in [1.29, 1.82) is 0 Å². The van der Waals surface area contributed by atoms with Gasteiger partial charge in [-0.2, -0.15) is 5.10 Å². The van der Waals surface area contributed by atoms with Gasteiger partial charge < -0.3 is 4.90 Å². The predicted octanol–water partition coefficient (Wildman–Crippen LogP) is 2.06. The van der Waals surface area contributed by atoms with Gasteiger partial charge >= 0.3 is 0 Å². The molecule has 0 aromatic carbocycles. The molecule has 0 spiro atoms. The van der Waals surface area contributed by atoms with Crippen molar-refractivity contribution < 1.29 is 0 Å². The van der Waals surface area contributed by atoms with E-state index in [0.29, 0.717) is 0 Å². The summed E-state index contributed by atoms with van der Waals surface area (Å²) >= 11 is 0. The van der Waals surface area contributed by atoms with Gasteiger partial charge in [0, 0.05) is 20.3 Å². The highest BCUT2D eigenvalue weighted by atomic mass is 15.3. The number of aliphatic imine (C=N–C) groups is 1. The lowest BCUT2D eigenvalue weighted by molar-refractivity contribution is 0.857. The van der Waals surface area contributed by atoms with Gasteiger partial charge in [-0.15, -0.1) is 0 Å². The van der Waals surface area contributed by atoms with Gasteiger partial charge in [0.05, 0.1) is 35.3 Å². The molecule has 0 aliphatic rings. The fourth-order valence-corrected chi connectivity index (χ4v) is 1.73. The number of hydrogen-bond donors (Lipinski definition) is 0. The number of amidine groups is 1. The van der Waals surface area contributed by atoms with Crippen LogP contribution in [0.4, 0.5) is 5.69 Å². The number of anilines is 1. The zero-order valence-electron chi connectivity index (χ0n) is 11.1. The van der Waals surface area contributed by atoms with E-state index in [1.165, 1.54) is 0 Å². The summed E-state index contributed by atoms with van der Waals surface area (Å²) in [6, 6.07) is 3.87. The molecular formula is C13H17N5. The number of aromatic nitrogens is 3. The van der Waals surface area contributed by atoms with E-state index in [9.17, 15) is 0 Å². The maximum absolute atomic E-state index is 4.50. The molecule has 2 rings (SSSR count). The zero-order chi connectivity index (χ0) is 13.1. The Morgan fingerprint density at radius 3 is 2.83 bits per heavy atom. The maximum Gasteiger partial charge on any atom is 0.0996 e. The summed E-state index contributed by atoms with van der Waals surface area (Å²) in [7, 11) is 3.77. The molecule has 0 radical (unpaired) electrons. The lowest BCUT2D eigenvalue weighted by atomic mass is 10.3. The maximum atomic E-state index is 4.50. The van der Waals surface area contributed by atoms with Crippen LogP contribution in [0.3, 0.4) is 0 Å². The molecule has 5 heteroatoms. The lowest BCUT2D eigenvalue weighted by Gasteiger charge is -2.16. The molecule has 94 valence electrons. The molecule has 0 N–H and O–H groups in total. The Kier molecular flexibility index (Phi) is 3.41. The number of hydrogen-bond acceptors (Lipinski definition) is 3. The second-order valence-electron chi connectivity index (χ2n) is 4.09. The quantitative estimate of drug-likeness (QED) is 0.599. The lowest BCUT2D eigenvalue weighted by Crippen LogP contribution is -2.23. The SMILES string of the molecule is CN=C(C)N(C)c1cn(-c2cccnc2)nc1C. The Labute approximate surface area is 107 Å². The van der Waals surface area contributed by atoms with Crippen molar-refractivity contribution in [3.63, 3.8) is 0 Å². The third kappa shape index (κ3) is 2.25. The first-order valence-electron chi connectivity index (χ1n) is 5.77. The molecule has 0 bridgehead atoms. The molecular weight excluding hydrogens is 226 g/mol. The van der Waals surface area contributed by atoms with E-state index in [0.717, 1.165) is 22.9 Å². The van der Waals surface area contributed by atoms with E-state index in [-0.39, 0.29) is 0 Å². The zero-order valence-corrected chi connectivity index (χ0v) is 11.1. The van der Waals surface area contributed by atoms with Crippen LogP contribution >= 0.6 is 0 Å². The summed E-state index contributed by atoms with van der Waals surface area (Å²) in [6.45, 7) is 3.96. The average molecular weight is 243 g/mol. The summed E-state index contributed by atoms with van der Waals surface area (Å²) in [5, 5.41) is 4.50. The Balaban J connectivity index is 2.39. The standard InChI is InChI=1S/C13H17N5/c1-10-13(17(4)11(2)14-3)9-18(16-10)12-6-5-7-15-8-12/h5-9H,1-4H3. The first-order chi connectivity index (χ1) is 8.63. The molecule has 2 heterocycles. The minimum Gasteiger partial charge on any atom is -0.331 e. The van der Waals surface area contributed by atoms with Crippen LogP contribution in [-0.2, 0) is 0 Å². The van der Waals surface area contributed by atoms with Crippen LogP contribution in [-0.4, -0.2) is 34.7 Å². The highest BCUT2D eigenvalue weighted by Crippen LogP contribution is 2.19. The highest BCUT2D eigenvalue weighted by molar-refractivity contribution is 5.95. The van der Waals surface area contributed by atoms with Gasteiger partial charge in [0.15, 0.2) is 0 Å². The fourth-order valence-electron chi connectivity index (χ4n) is 1.73. The van der Waals surface area contributed by atoms with Crippen LogP contribution in [0.15, 0.2) is 35.7 Å². The molecule has 0 aliphatic carbocycles. The molecule has 18 heavy (non-hydrogen) atoms. The predicted molar refractivity (Wildman–Crippen MR) is 73.5 cm³/mol. The number of nitrogens with zero attached hydrogens (tertiary/aromatic N) is 5.